The molecule has 0 fully saturated rings. The van der Waals surface area contributed by atoms with E-state index in [1.54, 1.807) is 34.5 Å². The molecule has 0 saturated heterocycles. The summed E-state index contributed by atoms with van der Waals surface area (Å²) in [6.45, 7) is 1.97. The van der Waals surface area contributed by atoms with E-state index in [1.165, 1.54) is 0 Å². The van der Waals surface area contributed by atoms with Crippen LogP contribution in [0.15, 0.2) is 42.5 Å². The van der Waals surface area contributed by atoms with E-state index in [1.807, 2.05) is 43.3 Å². The third-order valence-corrected chi connectivity index (χ3v) is 4.86. The number of hydrogen-bond acceptors (Lipinski definition) is 5. The Morgan fingerprint density at radius 1 is 0.828 bits per heavy atom. The summed E-state index contributed by atoms with van der Waals surface area (Å²) in [5.74, 6) is 2.84. The van der Waals surface area contributed by atoms with Crippen LogP contribution in [-0.2, 0) is 0 Å². The van der Waals surface area contributed by atoms with Crippen LogP contribution in [0.1, 0.15) is 11.1 Å². The van der Waals surface area contributed by atoms with E-state index >= 15 is 0 Å². The minimum absolute atomic E-state index is 0.0603. The highest BCUT2D eigenvalue weighted by atomic mass is 16.5. The number of aliphatic hydroxyl groups excluding tert-OH is 1. The lowest BCUT2D eigenvalue weighted by molar-refractivity contribution is 0.343. The number of methoxy groups -OCH3 is 4. The lowest BCUT2D eigenvalue weighted by Crippen LogP contribution is -1.97. The van der Waals surface area contributed by atoms with E-state index in [0.29, 0.717) is 11.5 Å². The molecule has 0 atom stereocenters. The van der Waals surface area contributed by atoms with Crippen molar-refractivity contribution in [2.24, 2.45) is 0 Å². The molecule has 0 heterocycles. The summed E-state index contributed by atoms with van der Waals surface area (Å²) in [4.78, 5) is 0. The van der Waals surface area contributed by atoms with Gasteiger partial charge in [-0.05, 0) is 53.3 Å². The molecule has 1 N–H and O–H groups in total. The second kappa shape index (κ2) is 8.88. The lowest BCUT2D eigenvalue weighted by atomic mass is 9.91. The maximum absolute atomic E-state index is 9.30. The van der Waals surface area contributed by atoms with Crippen LogP contribution in [0.4, 0.5) is 0 Å². The van der Waals surface area contributed by atoms with E-state index in [4.69, 9.17) is 18.9 Å². The molecule has 0 aliphatic carbocycles. The van der Waals surface area contributed by atoms with E-state index in [9.17, 15) is 5.11 Å². The molecular formula is C24H26O5. The fourth-order valence-electron chi connectivity index (χ4n) is 3.59. The lowest BCUT2D eigenvalue weighted by Gasteiger charge is -2.19. The molecule has 0 radical (unpaired) electrons. The Hall–Kier alpha value is -3.18. The Kier molecular flexibility index (Phi) is 6.29. The van der Waals surface area contributed by atoms with Crippen molar-refractivity contribution >= 4 is 16.8 Å². The van der Waals surface area contributed by atoms with Gasteiger partial charge in [-0.3, -0.25) is 0 Å². The summed E-state index contributed by atoms with van der Waals surface area (Å²) in [6, 6.07) is 11.8. The monoisotopic (exact) mass is 394 g/mol. The summed E-state index contributed by atoms with van der Waals surface area (Å²) in [6.07, 6.45) is 3.55. The normalized spacial score (nSPS) is 11.1. The largest absolute Gasteiger partial charge is 0.497 e. The summed E-state index contributed by atoms with van der Waals surface area (Å²) in [5.41, 5.74) is 3.82. The molecule has 0 aromatic heterocycles. The first kappa shape index (κ1) is 20.6. The maximum Gasteiger partial charge on any atom is 0.131 e. The molecule has 0 saturated carbocycles. The summed E-state index contributed by atoms with van der Waals surface area (Å²) < 4.78 is 22.4. The van der Waals surface area contributed by atoms with Crippen molar-refractivity contribution in [1.82, 2.24) is 0 Å². The van der Waals surface area contributed by atoms with Crippen LogP contribution in [0.25, 0.3) is 28.0 Å². The zero-order chi connectivity index (χ0) is 21.0. The van der Waals surface area contributed by atoms with Crippen LogP contribution < -0.4 is 18.9 Å². The number of rotatable bonds is 7. The number of benzene rings is 3. The molecule has 0 spiro atoms. The van der Waals surface area contributed by atoms with Crippen LogP contribution in [0.3, 0.4) is 0 Å². The van der Waals surface area contributed by atoms with Gasteiger partial charge < -0.3 is 24.1 Å². The zero-order valence-corrected chi connectivity index (χ0v) is 17.4. The van der Waals surface area contributed by atoms with Crippen molar-refractivity contribution < 1.29 is 24.1 Å². The Morgan fingerprint density at radius 3 is 2.17 bits per heavy atom. The molecule has 5 nitrogen and oxygen atoms in total. The van der Waals surface area contributed by atoms with Crippen LogP contribution in [-0.4, -0.2) is 40.2 Å². The zero-order valence-electron chi connectivity index (χ0n) is 17.4. The van der Waals surface area contributed by atoms with Gasteiger partial charge >= 0.3 is 0 Å². The van der Waals surface area contributed by atoms with Gasteiger partial charge in [0.25, 0.3) is 0 Å². The van der Waals surface area contributed by atoms with Gasteiger partial charge in [-0.1, -0.05) is 18.2 Å². The van der Waals surface area contributed by atoms with E-state index in [2.05, 4.69) is 6.07 Å². The van der Waals surface area contributed by atoms with Crippen molar-refractivity contribution in [3.63, 3.8) is 0 Å². The van der Waals surface area contributed by atoms with Gasteiger partial charge in [-0.25, -0.2) is 0 Å². The highest BCUT2D eigenvalue weighted by Crippen LogP contribution is 2.45. The van der Waals surface area contributed by atoms with Crippen LogP contribution in [0.2, 0.25) is 0 Å². The molecule has 3 rings (SSSR count). The first-order valence-corrected chi connectivity index (χ1v) is 9.27. The summed E-state index contributed by atoms with van der Waals surface area (Å²) >= 11 is 0. The number of hydrogen-bond donors (Lipinski definition) is 1. The average molecular weight is 394 g/mol. The van der Waals surface area contributed by atoms with Gasteiger partial charge in [0.1, 0.15) is 23.0 Å². The van der Waals surface area contributed by atoms with E-state index in [0.717, 1.165) is 44.5 Å². The summed E-state index contributed by atoms with van der Waals surface area (Å²) in [7, 11) is 6.56. The smallest absolute Gasteiger partial charge is 0.131 e. The topological polar surface area (TPSA) is 57.2 Å². The van der Waals surface area contributed by atoms with E-state index < -0.39 is 0 Å². The fourth-order valence-corrected chi connectivity index (χ4v) is 3.59. The third-order valence-electron chi connectivity index (χ3n) is 4.86. The van der Waals surface area contributed by atoms with E-state index in [-0.39, 0.29) is 6.61 Å². The number of ether oxygens (including phenoxy) is 4. The second-order valence-corrected chi connectivity index (χ2v) is 6.58. The van der Waals surface area contributed by atoms with Gasteiger partial charge in [0.2, 0.25) is 0 Å². The van der Waals surface area contributed by atoms with Crippen molar-refractivity contribution in [3.8, 4) is 34.1 Å². The van der Waals surface area contributed by atoms with Gasteiger partial charge in [0.05, 0.1) is 40.4 Å². The molecule has 0 aliphatic rings. The Bertz CT molecular complexity index is 1050. The molecule has 29 heavy (non-hydrogen) atoms. The molecule has 0 bridgehead atoms. The first-order valence-electron chi connectivity index (χ1n) is 9.27. The number of fused-ring (bicyclic) bond motifs is 1. The molecule has 0 amide bonds. The maximum atomic E-state index is 9.30. The van der Waals surface area contributed by atoms with Crippen LogP contribution >= 0.6 is 0 Å². The van der Waals surface area contributed by atoms with Crippen molar-refractivity contribution in [1.29, 1.82) is 0 Å². The molecule has 0 unspecified atom stereocenters. The quantitative estimate of drug-likeness (QED) is 0.620. The number of aliphatic hydroxyl groups is 1. The SMILES string of the molecule is COc1cc(/C=C/CO)c(-c2ccc(OC)c3c(OC)cc(C)cc23)c(OC)c1. The molecule has 3 aromatic carbocycles. The molecule has 152 valence electrons. The standard InChI is InChI=1S/C24H26O5/c1-15-11-19-18(8-9-20(27-3)24(19)21(12-15)28-4)23-16(7-6-10-25)13-17(26-2)14-22(23)29-5/h6-9,11-14,25H,10H2,1-5H3/b7-6+. The molecule has 0 aliphatic heterocycles. The minimum Gasteiger partial charge on any atom is -0.497 e. The minimum atomic E-state index is -0.0603. The van der Waals surface area contributed by atoms with Gasteiger partial charge in [0, 0.05) is 11.6 Å². The van der Waals surface area contributed by atoms with Crippen molar-refractivity contribution in [2.45, 2.75) is 6.92 Å². The third kappa shape index (κ3) is 3.87. The van der Waals surface area contributed by atoms with Crippen LogP contribution in [0.5, 0.6) is 23.0 Å². The Morgan fingerprint density at radius 2 is 1.55 bits per heavy atom. The van der Waals surface area contributed by atoms with Crippen molar-refractivity contribution in [3.05, 3.63) is 53.6 Å². The highest BCUT2D eigenvalue weighted by molar-refractivity contribution is 6.06. The number of aryl methyl sites for hydroxylation is 1. The molecule has 3 aromatic rings. The average Bonchev–Trinajstić information content (AvgIpc) is 2.75. The first-order chi connectivity index (χ1) is 14.1. The van der Waals surface area contributed by atoms with Gasteiger partial charge in [-0.2, -0.15) is 0 Å². The molecule has 5 heteroatoms. The van der Waals surface area contributed by atoms with Gasteiger partial charge in [-0.15, -0.1) is 0 Å². The second-order valence-electron chi connectivity index (χ2n) is 6.58. The van der Waals surface area contributed by atoms with Gasteiger partial charge in [0.15, 0.2) is 0 Å². The predicted octanol–water partition coefficient (Wildman–Crippen LogP) is 4.86. The van der Waals surface area contributed by atoms with Crippen LogP contribution in [0, 0.1) is 6.92 Å². The highest BCUT2D eigenvalue weighted by Gasteiger charge is 2.19. The fraction of sp³-hybridized carbons (Fsp3) is 0.250. The molecular weight excluding hydrogens is 368 g/mol. The predicted molar refractivity (Wildman–Crippen MR) is 116 cm³/mol. The van der Waals surface area contributed by atoms with Crippen molar-refractivity contribution in [2.75, 3.05) is 35.0 Å². The Balaban J connectivity index is 2.45. The Labute approximate surface area is 171 Å². The summed E-state index contributed by atoms with van der Waals surface area (Å²) in [5, 5.41) is 11.2.